The molecule has 0 radical (unpaired) electrons. The summed E-state index contributed by atoms with van der Waals surface area (Å²) < 4.78 is 38.0. The second-order valence-corrected chi connectivity index (χ2v) is 4.43. The Morgan fingerprint density at radius 1 is 1.40 bits per heavy atom. The van der Waals surface area contributed by atoms with E-state index in [-0.39, 0.29) is 23.1 Å². The lowest BCUT2D eigenvalue weighted by Crippen LogP contribution is -2.28. The van der Waals surface area contributed by atoms with Crippen molar-refractivity contribution in [2.75, 3.05) is 0 Å². The van der Waals surface area contributed by atoms with E-state index in [9.17, 15) is 13.2 Å². The van der Waals surface area contributed by atoms with Crippen LogP contribution in [-0.2, 0) is 0 Å². The van der Waals surface area contributed by atoms with Gasteiger partial charge < -0.3 is 16.9 Å². The third-order valence-electron chi connectivity index (χ3n) is 3.16. The van der Waals surface area contributed by atoms with Crippen LogP contribution in [0, 0.1) is 11.3 Å². The van der Waals surface area contributed by atoms with Crippen molar-refractivity contribution in [1.82, 2.24) is 0 Å². The number of dihydropyridines is 1. The molecule has 0 bridgehead atoms. The number of alkyl halides is 3. The Kier molecular flexibility index (Phi) is 3.52. The minimum absolute atomic E-state index is 0.220. The van der Waals surface area contributed by atoms with Crippen LogP contribution in [0.15, 0.2) is 51.8 Å². The van der Waals surface area contributed by atoms with Gasteiger partial charge in [0, 0.05) is 29.6 Å². The van der Waals surface area contributed by atoms with Crippen LogP contribution in [0.2, 0.25) is 0 Å². The molecule has 0 aromatic heterocycles. The molecule has 5 N–H and O–H groups in total. The molecule has 1 aliphatic heterocycles. The predicted octanol–water partition coefficient (Wildman–Crippen LogP) is 1.82. The average Bonchev–Trinajstić information content (AvgIpc) is 2.39. The Labute approximate surface area is 113 Å². The van der Waals surface area contributed by atoms with Crippen LogP contribution in [0.5, 0.6) is 0 Å². The number of halogens is 3. The van der Waals surface area contributed by atoms with E-state index in [1.165, 1.54) is 6.08 Å². The minimum Gasteiger partial charge on any atom is -0.401 e. The molecule has 2 atom stereocenters. The number of fused-ring (bicyclic) bond motifs is 1. The standard InChI is InChI=1S/C13H13F3N4/c14-13(15,16)12(19)9(6-17)7-1-2-11-8(5-7)10(18)3-4-20-11/h1-6,8,11,17H,18-19H2. The van der Waals surface area contributed by atoms with Crippen molar-refractivity contribution in [3.63, 3.8) is 0 Å². The lowest BCUT2D eigenvalue weighted by molar-refractivity contribution is -0.0930. The molecule has 20 heavy (non-hydrogen) atoms. The first-order chi connectivity index (χ1) is 9.34. The molecule has 0 amide bonds. The van der Waals surface area contributed by atoms with Crippen LogP contribution >= 0.6 is 0 Å². The van der Waals surface area contributed by atoms with E-state index in [1.807, 2.05) is 0 Å². The van der Waals surface area contributed by atoms with Crippen LogP contribution < -0.4 is 11.5 Å². The van der Waals surface area contributed by atoms with Crippen LogP contribution in [0.3, 0.4) is 0 Å². The molecule has 7 heteroatoms. The minimum atomic E-state index is -4.68. The normalized spacial score (nSPS) is 26.4. The lowest BCUT2D eigenvalue weighted by atomic mass is 9.85. The molecule has 0 aromatic carbocycles. The quantitative estimate of drug-likeness (QED) is 0.674. The highest BCUT2D eigenvalue weighted by Gasteiger charge is 2.35. The zero-order chi connectivity index (χ0) is 14.9. The largest absolute Gasteiger partial charge is 0.431 e. The van der Waals surface area contributed by atoms with Gasteiger partial charge in [0.15, 0.2) is 0 Å². The Bertz CT molecular complexity index is 579. The summed E-state index contributed by atoms with van der Waals surface area (Å²) in [6.45, 7) is 0. The number of nitrogens with one attached hydrogen (secondary N) is 1. The van der Waals surface area contributed by atoms with E-state index in [2.05, 4.69) is 4.99 Å². The molecule has 0 saturated carbocycles. The third-order valence-corrected chi connectivity index (χ3v) is 3.16. The van der Waals surface area contributed by atoms with Gasteiger partial charge in [-0.2, -0.15) is 13.2 Å². The first-order valence-corrected chi connectivity index (χ1v) is 5.81. The van der Waals surface area contributed by atoms with Gasteiger partial charge >= 0.3 is 6.18 Å². The summed E-state index contributed by atoms with van der Waals surface area (Å²) in [5.74, 6) is -0.309. The van der Waals surface area contributed by atoms with Gasteiger partial charge in [0.1, 0.15) is 5.70 Å². The number of aliphatic imine (C=N–C) groups is 1. The van der Waals surface area contributed by atoms with Gasteiger partial charge in [-0.25, -0.2) is 0 Å². The van der Waals surface area contributed by atoms with Crippen molar-refractivity contribution in [2.45, 2.75) is 12.2 Å². The highest BCUT2D eigenvalue weighted by molar-refractivity contribution is 5.85. The van der Waals surface area contributed by atoms with Crippen molar-refractivity contribution >= 4 is 12.4 Å². The maximum absolute atomic E-state index is 12.7. The van der Waals surface area contributed by atoms with Gasteiger partial charge in [0.05, 0.1) is 6.04 Å². The monoisotopic (exact) mass is 282 g/mol. The first-order valence-electron chi connectivity index (χ1n) is 5.81. The zero-order valence-electron chi connectivity index (χ0n) is 10.4. The molecular weight excluding hydrogens is 269 g/mol. The maximum Gasteiger partial charge on any atom is 0.431 e. The van der Waals surface area contributed by atoms with Crippen molar-refractivity contribution in [3.8, 4) is 0 Å². The van der Waals surface area contributed by atoms with Crippen molar-refractivity contribution in [3.05, 3.63) is 46.8 Å². The highest BCUT2D eigenvalue weighted by atomic mass is 19.4. The fourth-order valence-corrected chi connectivity index (χ4v) is 2.09. The molecule has 1 aliphatic carbocycles. The van der Waals surface area contributed by atoms with E-state index in [0.717, 1.165) is 0 Å². The van der Waals surface area contributed by atoms with Gasteiger partial charge in [-0.05, 0) is 11.6 Å². The molecule has 2 rings (SSSR count). The molecule has 4 nitrogen and oxygen atoms in total. The van der Waals surface area contributed by atoms with E-state index in [1.54, 1.807) is 24.4 Å². The number of rotatable bonds is 2. The summed E-state index contributed by atoms with van der Waals surface area (Å²) in [5.41, 5.74) is 10.00. The molecule has 0 aromatic rings. The Morgan fingerprint density at radius 2 is 2.10 bits per heavy atom. The van der Waals surface area contributed by atoms with E-state index in [0.29, 0.717) is 11.9 Å². The summed E-state index contributed by atoms with van der Waals surface area (Å²) in [6, 6.07) is -0.220. The van der Waals surface area contributed by atoms with Crippen LogP contribution in [0.4, 0.5) is 13.2 Å². The van der Waals surface area contributed by atoms with Crippen molar-refractivity contribution in [1.29, 1.82) is 5.41 Å². The molecule has 0 saturated heterocycles. The predicted molar refractivity (Wildman–Crippen MR) is 71.3 cm³/mol. The molecule has 106 valence electrons. The van der Waals surface area contributed by atoms with Gasteiger partial charge in [0.2, 0.25) is 0 Å². The van der Waals surface area contributed by atoms with Crippen molar-refractivity contribution < 1.29 is 13.2 Å². The Morgan fingerprint density at radius 3 is 2.70 bits per heavy atom. The number of allylic oxidation sites excluding steroid dienone is 5. The van der Waals surface area contributed by atoms with Crippen molar-refractivity contribution in [2.24, 2.45) is 22.4 Å². The van der Waals surface area contributed by atoms with E-state index in [4.69, 9.17) is 16.9 Å². The second-order valence-electron chi connectivity index (χ2n) is 4.43. The van der Waals surface area contributed by atoms with E-state index >= 15 is 0 Å². The molecule has 1 heterocycles. The highest BCUT2D eigenvalue weighted by Crippen LogP contribution is 2.32. The second kappa shape index (κ2) is 4.99. The average molecular weight is 282 g/mol. The maximum atomic E-state index is 12.7. The van der Waals surface area contributed by atoms with E-state index < -0.39 is 11.9 Å². The van der Waals surface area contributed by atoms with Gasteiger partial charge in [-0.1, -0.05) is 18.2 Å². The van der Waals surface area contributed by atoms with Gasteiger partial charge in [-0.3, -0.25) is 4.99 Å². The summed E-state index contributed by atoms with van der Waals surface area (Å²) in [6.07, 6.45) is 3.80. The van der Waals surface area contributed by atoms with Crippen LogP contribution in [0.1, 0.15) is 0 Å². The molecule has 0 spiro atoms. The van der Waals surface area contributed by atoms with Gasteiger partial charge in [0.25, 0.3) is 0 Å². The number of hydrogen-bond donors (Lipinski definition) is 3. The smallest absolute Gasteiger partial charge is 0.401 e. The molecule has 2 unspecified atom stereocenters. The Hall–Kier alpha value is -2.31. The summed E-state index contributed by atoms with van der Waals surface area (Å²) in [4.78, 5) is 4.18. The topological polar surface area (TPSA) is 88.2 Å². The fraction of sp³-hybridized carbons (Fsp3) is 0.231. The van der Waals surface area contributed by atoms with Crippen LogP contribution in [0.25, 0.3) is 0 Å². The molecule has 0 fully saturated rings. The SMILES string of the molecule is N=CC(C1=CC2C(N)=CC=NC2C=C1)=C(N)C(F)(F)F. The van der Waals surface area contributed by atoms with Crippen LogP contribution in [-0.4, -0.2) is 24.6 Å². The zero-order valence-corrected chi connectivity index (χ0v) is 10.4. The third kappa shape index (κ3) is 2.52. The lowest BCUT2D eigenvalue weighted by Gasteiger charge is -2.26. The summed E-state index contributed by atoms with van der Waals surface area (Å²) in [7, 11) is 0. The molecular formula is C13H13F3N4. The van der Waals surface area contributed by atoms with Gasteiger partial charge in [-0.15, -0.1) is 0 Å². The Balaban J connectivity index is 2.44. The summed E-state index contributed by atoms with van der Waals surface area (Å²) in [5, 5.41) is 7.18. The molecule has 2 aliphatic rings. The number of hydrogen-bond acceptors (Lipinski definition) is 4. The summed E-state index contributed by atoms with van der Waals surface area (Å²) >= 11 is 0. The number of nitrogens with two attached hydrogens (primary N) is 2. The number of nitrogens with zero attached hydrogens (tertiary/aromatic N) is 1. The first kappa shape index (κ1) is 14.1. The fourth-order valence-electron chi connectivity index (χ4n) is 2.09.